The van der Waals surface area contributed by atoms with Gasteiger partial charge in [-0.15, -0.1) is 10.2 Å². The van der Waals surface area contributed by atoms with Gasteiger partial charge in [0.1, 0.15) is 39.8 Å². The van der Waals surface area contributed by atoms with E-state index in [1.54, 1.807) is 55.6 Å². The smallest absolute Gasteiger partial charge is 0.185 e. The van der Waals surface area contributed by atoms with E-state index in [4.69, 9.17) is 28.6 Å². The van der Waals surface area contributed by atoms with Gasteiger partial charge in [0.25, 0.3) is 0 Å². The molecule has 1 heterocycles. The maximum Gasteiger partial charge on any atom is 0.185 e. The van der Waals surface area contributed by atoms with Crippen LogP contribution in [0.25, 0.3) is 10.6 Å². The Bertz CT molecular complexity index is 1310. The van der Waals surface area contributed by atoms with Gasteiger partial charge in [0.15, 0.2) is 9.45 Å². The Balaban J connectivity index is 1.83. The number of ether oxygens (including phenoxy) is 1. The van der Waals surface area contributed by atoms with Crippen molar-refractivity contribution in [2.24, 2.45) is 0 Å². The van der Waals surface area contributed by atoms with E-state index in [0.29, 0.717) is 31.4 Å². The van der Waals surface area contributed by atoms with Crippen LogP contribution >= 0.6 is 46.9 Å². The monoisotopic (exact) mass is 663 g/mol. The quantitative estimate of drug-likeness (QED) is 0.0692. The van der Waals surface area contributed by atoms with Crippen molar-refractivity contribution < 1.29 is 34.5 Å². The summed E-state index contributed by atoms with van der Waals surface area (Å²) in [6.45, 7) is -0.856. The van der Waals surface area contributed by atoms with E-state index < -0.39 is 52.4 Å². The molecule has 0 spiro atoms. The lowest BCUT2D eigenvalue weighted by atomic mass is 9.99. The van der Waals surface area contributed by atoms with Gasteiger partial charge in [0.05, 0.1) is 24.8 Å². The number of hydrogen-bond acceptors (Lipinski definition) is 13. The summed E-state index contributed by atoms with van der Waals surface area (Å²) in [6, 6.07) is 12.7. The van der Waals surface area contributed by atoms with Gasteiger partial charge in [-0.3, -0.25) is 9.63 Å². The summed E-state index contributed by atoms with van der Waals surface area (Å²) in [5.41, 5.74) is 6.78. The Morgan fingerprint density at radius 3 is 2.39 bits per heavy atom. The number of methoxy groups -OCH3 is 1. The first-order valence-electron chi connectivity index (χ1n) is 11.9. The number of thioether (sulfide) groups is 1. The van der Waals surface area contributed by atoms with Crippen LogP contribution in [0.5, 0.6) is 5.75 Å². The molecule has 41 heavy (non-hydrogen) atoms. The molecule has 3 aromatic rings. The standard InChI is InChI=1S/C24H30ClN5O7S4/c1-37-13-9-7-12(8-10-13)26-23(38)29-27-17(19(34)20(35)18(33)16(32)11-31)22(41(2)36)40-24-30-28-21(39-24)14-5-3-4-6-15(14)25/h3-10,16-20,22,27,31-35H,11H2,1-2H3,(H2,26,29,38)/t16-,17?,18-,19+,20+,22?,41?/m1/s1. The first-order valence-corrected chi connectivity index (χ1v) is 16.0. The van der Waals surface area contributed by atoms with E-state index in [1.807, 2.05) is 0 Å². The third kappa shape index (κ3) is 9.26. The number of aliphatic hydroxyl groups is 5. The van der Waals surface area contributed by atoms with Gasteiger partial charge in [0.2, 0.25) is 0 Å². The third-order valence-corrected chi connectivity index (χ3v) is 10.4. The van der Waals surface area contributed by atoms with Crippen LogP contribution in [0, 0.1) is 0 Å². The van der Waals surface area contributed by atoms with Crippen LogP contribution in [-0.4, -0.2) is 100 Å². The minimum atomic E-state index is -1.95. The minimum absolute atomic E-state index is 0.0698. The predicted octanol–water partition coefficient (Wildman–Crippen LogP) is 0.959. The summed E-state index contributed by atoms with van der Waals surface area (Å²) in [7, 11) is -0.120. The minimum Gasteiger partial charge on any atom is -0.497 e. The molecule has 12 nitrogen and oxygen atoms in total. The molecule has 0 amide bonds. The fourth-order valence-corrected chi connectivity index (χ4v) is 7.62. The van der Waals surface area contributed by atoms with E-state index in [0.717, 1.165) is 11.8 Å². The largest absolute Gasteiger partial charge is 0.497 e. The highest BCUT2D eigenvalue weighted by Crippen LogP contribution is 2.36. The van der Waals surface area contributed by atoms with Gasteiger partial charge in [-0.1, -0.05) is 52.9 Å². The first kappa shape index (κ1) is 33.5. The molecule has 8 N–H and O–H groups in total. The summed E-state index contributed by atoms with van der Waals surface area (Å²) in [6.07, 6.45) is -5.99. The van der Waals surface area contributed by atoms with Gasteiger partial charge in [-0.2, -0.15) is 0 Å². The molecule has 1 aromatic heterocycles. The Kier molecular flexibility index (Phi) is 13.1. The number of thiocarbonyl (C=S) groups is 1. The maximum absolute atomic E-state index is 13.0. The molecular formula is C24H30ClN5O7S4. The molecule has 0 saturated carbocycles. The Morgan fingerprint density at radius 2 is 1.78 bits per heavy atom. The van der Waals surface area contributed by atoms with Gasteiger partial charge < -0.3 is 35.6 Å². The number of rotatable bonds is 14. The molecular weight excluding hydrogens is 634 g/mol. The van der Waals surface area contributed by atoms with Gasteiger partial charge in [-0.25, -0.2) is 5.43 Å². The van der Waals surface area contributed by atoms with Crippen molar-refractivity contribution in [3.05, 3.63) is 53.6 Å². The molecule has 0 bridgehead atoms. The van der Waals surface area contributed by atoms with Crippen LogP contribution in [0.3, 0.4) is 0 Å². The number of benzene rings is 2. The van der Waals surface area contributed by atoms with Crippen molar-refractivity contribution in [3.63, 3.8) is 0 Å². The molecule has 0 aliphatic heterocycles. The second-order valence-corrected chi connectivity index (χ2v) is 13.5. The van der Waals surface area contributed by atoms with E-state index in [9.17, 15) is 29.7 Å². The number of hydrazine groups is 1. The highest BCUT2D eigenvalue weighted by molar-refractivity contribution is 8.12. The fraction of sp³-hybridized carbons (Fsp3) is 0.375. The van der Waals surface area contributed by atoms with Crippen molar-refractivity contribution in [2.75, 3.05) is 25.3 Å². The number of aliphatic hydroxyl groups excluding tert-OH is 5. The Morgan fingerprint density at radius 1 is 1.10 bits per heavy atom. The predicted molar refractivity (Wildman–Crippen MR) is 164 cm³/mol. The molecule has 224 valence electrons. The molecule has 2 aromatic carbocycles. The topological polar surface area (TPSA) is 189 Å². The molecule has 3 unspecified atom stereocenters. The normalized spacial score (nSPS) is 16.6. The SMILES string of the molecule is COc1ccc(NC(=S)NNC(C(Sc2nnc(-c3ccccc3Cl)s2)S(C)=O)[C@H](O)[C@@H](O)[C@H](O)[C@H](O)CO)cc1. The zero-order chi connectivity index (χ0) is 30.1. The molecule has 17 heteroatoms. The third-order valence-electron chi connectivity index (χ3n) is 5.70. The molecule has 0 fully saturated rings. The van der Waals surface area contributed by atoms with E-state index in [-0.39, 0.29) is 5.11 Å². The van der Waals surface area contributed by atoms with Gasteiger partial charge >= 0.3 is 0 Å². The van der Waals surface area contributed by atoms with Crippen molar-refractivity contribution in [1.82, 2.24) is 21.0 Å². The summed E-state index contributed by atoms with van der Waals surface area (Å²) < 4.78 is 17.5. The van der Waals surface area contributed by atoms with Crippen LogP contribution in [0.1, 0.15) is 0 Å². The number of anilines is 1. The number of nitrogens with zero attached hydrogens (tertiary/aromatic N) is 2. The molecule has 0 radical (unpaired) electrons. The second kappa shape index (κ2) is 16.0. The van der Waals surface area contributed by atoms with Crippen LogP contribution in [0.15, 0.2) is 52.9 Å². The van der Waals surface area contributed by atoms with Crippen molar-refractivity contribution in [1.29, 1.82) is 0 Å². The fourth-order valence-electron chi connectivity index (χ4n) is 3.50. The average Bonchev–Trinajstić information content (AvgIpc) is 3.44. The lowest BCUT2D eigenvalue weighted by Crippen LogP contribution is -2.61. The summed E-state index contributed by atoms with van der Waals surface area (Å²) in [4.78, 5) is 0. The molecule has 3 rings (SSSR count). The molecule has 0 aliphatic rings. The number of halogens is 1. The van der Waals surface area contributed by atoms with Gasteiger partial charge in [-0.05, 0) is 42.5 Å². The Labute approximate surface area is 257 Å². The van der Waals surface area contributed by atoms with Gasteiger partial charge in [0, 0.05) is 28.3 Å². The van der Waals surface area contributed by atoms with Crippen molar-refractivity contribution >= 4 is 68.5 Å². The lowest BCUT2D eigenvalue weighted by Gasteiger charge is -2.34. The van der Waals surface area contributed by atoms with E-state index in [1.165, 1.54) is 17.6 Å². The molecule has 0 aliphatic carbocycles. The van der Waals surface area contributed by atoms with Crippen molar-refractivity contribution in [2.45, 2.75) is 39.4 Å². The number of aromatic nitrogens is 2. The van der Waals surface area contributed by atoms with Crippen LogP contribution in [-0.2, 0) is 10.8 Å². The summed E-state index contributed by atoms with van der Waals surface area (Å²) in [5.74, 6) is 0.646. The van der Waals surface area contributed by atoms with E-state index >= 15 is 0 Å². The Hall–Kier alpha value is -1.96. The lowest BCUT2D eigenvalue weighted by molar-refractivity contribution is -0.121. The highest BCUT2D eigenvalue weighted by atomic mass is 35.5. The highest BCUT2D eigenvalue weighted by Gasteiger charge is 2.41. The first-order chi connectivity index (χ1) is 19.5. The van der Waals surface area contributed by atoms with E-state index in [2.05, 4.69) is 26.4 Å². The zero-order valence-electron chi connectivity index (χ0n) is 21.7. The van der Waals surface area contributed by atoms with Crippen molar-refractivity contribution in [3.8, 4) is 16.3 Å². The molecule has 7 atom stereocenters. The average molecular weight is 664 g/mol. The molecule has 0 saturated heterocycles. The summed E-state index contributed by atoms with van der Waals surface area (Å²) >= 11 is 13.8. The van der Waals surface area contributed by atoms with Crippen LogP contribution in [0.4, 0.5) is 5.69 Å². The van der Waals surface area contributed by atoms with Crippen LogP contribution in [0.2, 0.25) is 5.02 Å². The maximum atomic E-state index is 13.0. The number of hydrogen-bond donors (Lipinski definition) is 8. The number of nitrogens with one attached hydrogen (secondary N) is 3. The zero-order valence-corrected chi connectivity index (χ0v) is 25.8. The van der Waals surface area contributed by atoms with Crippen LogP contribution < -0.4 is 20.9 Å². The summed E-state index contributed by atoms with van der Waals surface area (Å²) in [5, 5.41) is 63.3. The second-order valence-electron chi connectivity index (χ2n) is 8.54.